The number of para-hydroxylation sites is 2. The standard InChI is InChI=1S/C16H10ClNO4/c17-10-6-2-3-7-11(10)18-15(20)13-14(19)9-5-1-4-8-12(9)22-16(13)21/h1-8,19H,(H,18,20). The Morgan fingerprint density at radius 1 is 1.09 bits per heavy atom. The number of fused-ring (bicyclic) bond motifs is 1. The molecule has 3 rings (SSSR count). The molecule has 2 N–H and O–H groups in total. The van der Waals surface area contributed by atoms with Crippen LogP contribution in [0.4, 0.5) is 5.69 Å². The third kappa shape index (κ3) is 2.42. The Morgan fingerprint density at radius 2 is 1.77 bits per heavy atom. The molecule has 6 heteroatoms. The highest BCUT2D eigenvalue weighted by Crippen LogP contribution is 2.27. The first-order valence-electron chi connectivity index (χ1n) is 6.38. The quantitative estimate of drug-likeness (QED) is 0.710. The molecule has 3 aromatic rings. The molecule has 0 unspecified atom stereocenters. The second-order valence-electron chi connectivity index (χ2n) is 4.54. The minimum absolute atomic E-state index is 0.208. The van der Waals surface area contributed by atoms with Gasteiger partial charge in [0.15, 0.2) is 5.56 Å². The maximum Gasteiger partial charge on any atom is 0.353 e. The molecule has 1 heterocycles. The summed E-state index contributed by atoms with van der Waals surface area (Å²) in [7, 11) is 0. The molecule has 0 saturated carbocycles. The Hall–Kier alpha value is -2.79. The number of nitrogens with one attached hydrogen (secondary N) is 1. The van der Waals surface area contributed by atoms with E-state index in [0.717, 1.165) is 0 Å². The van der Waals surface area contributed by atoms with E-state index in [0.29, 0.717) is 10.7 Å². The van der Waals surface area contributed by atoms with Crippen LogP contribution in [0.3, 0.4) is 0 Å². The molecular formula is C16H10ClNO4. The van der Waals surface area contributed by atoms with Crippen LogP contribution in [0, 0.1) is 0 Å². The lowest BCUT2D eigenvalue weighted by atomic mass is 10.1. The molecule has 5 nitrogen and oxygen atoms in total. The number of halogens is 1. The van der Waals surface area contributed by atoms with Gasteiger partial charge in [0.1, 0.15) is 11.3 Å². The summed E-state index contributed by atoms with van der Waals surface area (Å²) in [5, 5.41) is 13.3. The number of rotatable bonds is 2. The van der Waals surface area contributed by atoms with E-state index in [1.807, 2.05) is 0 Å². The molecular weight excluding hydrogens is 306 g/mol. The Balaban J connectivity index is 2.08. The molecule has 1 amide bonds. The number of benzene rings is 2. The average molecular weight is 316 g/mol. The summed E-state index contributed by atoms with van der Waals surface area (Å²) in [4.78, 5) is 24.2. The van der Waals surface area contributed by atoms with Crippen molar-refractivity contribution in [3.8, 4) is 5.75 Å². The van der Waals surface area contributed by atoms with Gasteiger partial charge in [-0.25, -0.2) is 4.79 Å². The van der Waals surface area contributed by atoms with E-state index < -0.39 is 22.8 Å². The molecule has 0 bridgehead atoms. The second kappa shape index (κ2) is 5.54. The Morgan fingerprint density at radius 3 is 2.55 bits per heavy atom. The van der Waals surface area contributed by atoms with Crippen LogP contribution in [0.2, 0.25) is 5.02 Å². The van der Waals surface area contributed by atoms with E-state index in [1.54, 1.807) is 42.5 Å². The predicted molar refractivity (Wildman–Crippen MR) is 83.6 cm³/mol. The third-order valence-electron chi connectivity index (χ3n) is 3.13. The van der Waals surface area contributed by atoms with Gasteiger partial charge in [0.05, 0.1) is 16.1 Å². The molecule has 110 valence electrons. The number of anilines is 1. The van der Waals surface area contributed by atoms with Crippen molar-refractivity contribution < 1.29 is 14.3 Å². The van der Waals surface area contributed by atoms with Crippen LogP contribution in [-0.4, -0.2) is 11.0 Å². The third-order valence-corrected chi connectivity index (χ3v) is 3.46. The molecule has 1 aromatic heterocycles. The zero-order valence-corrected chi connectivity index (χ0v) is 11.9. The smallest absolute Gasteiger partial charge is 0.353 e. The molecule has 0 saturated heterocycles. The summed E-state index contributed by atoms with van der Waals surface area (Å²) in [6.07, 6.45) is 0. The van der Waals surface area contributed by atoms with Crippen LogP contribution in [-0.2, 0) is 0 Å². The first-order chi connectivity index (χ1) is 10.6. The van der Waals surface area contributed by atoms with E-state index >= 15 is 0 Å². The number of carbonyl (C=O) groups excluding carboxylic acids is 1. The van der Waals surface area contributed by atoms with E-state index in [-0.39, 0.29) is 11.0 Å². The predicted octanol–water partition coefficient (Wildman–Crippen LogP) is 3.40. The molecule has 0 aliphatic heterocycles. The normalized spacial score (nSPS) is 10.6. The molecule has 0 fully saturated rings. The number of hydrogen-bond donors (Lipinski definition) is 2. The minimum atomic E-state index is -0.916. The fraction of sp³-hybridized carbons (Fsp3) is 0. The van der Waals surface area contributed by atoms with Crippen molar-refractivity contribution in [3.05, 3.63) is 69.5 Å². The lowest BCUT2D eigenvalue weighted by Crippen LogP contribution is -2.21. The highest BCUT2D eigenvalue weighted by molar-refractivity contribution is 6.34. The van der Waals surface area contributed by atoms with Gasteiger partial charge in [-0.05, 0) is 24.3 Å². The van der Waals surface area contributed by atoms with Crippen molar-refractivity contribution in [1.82, 2.24) is 0 Å². The zero-order valence-electron chi connectivity index (χ0n) is 11.2. The van der Waals surface area contributed by atoms with Crippen LogP contribution in [0.5, 0.6) is 5.75 Å². The van der Waals surface area contributed by atoms with Gasteiger partial charge in [-0.2, -0.15) is 0 Å². The fourth-order valence-electron chi connectivity index (χ4n) is 2.08. The van der Waals surface area contributed by atoms with Crippen LogP contribution in [0.25, 0.3) is 11.0 Å². The van der Waals surface area contributed by atoms with Crippen molar-refractivity contribution in [2.45, 2.75) is 0 Å². The summed E-state index contributed by atoms with van der Waals surface area (Å²) in [6, 6.07) is 13.0. The topological polar surface area (TPSA) is 79.5 Å². The number of hydrogen-bond acceptors (Lipinski definition) is 4. The Bertz CT molecular complexity index is 933. The lowest BCUT2D eigenvalue weighted by molar-refractivity contribution is 0.102. The van der Waals surface area contributed by atoms with Crippen LogP contribution in [0.1, 0.15) is 10.4 Å². The van der Waals surface area contributed by atoms with E-state index in [2.05, 4.69) is 5.32 Å². The zero-order chi connectivity index (χ0) is 15.7. The Kier molecular flexibility index (Phi) is 3.56. The van der Waals surface area contributed by atoms with Crippen LogP contribution >= 0.6 is 11.6 Å². The van der Waals surface area contributed by atoms with Crippen molar-refractivity contribution in [2.75, 3.05) is 5.32 Å². The highest BCUT2D eigenvalue weighted by atomic mass is 35.5. The number of aromatic hydroxyl groups is 1. The molecule has 2 aromatic carbocycles. The van der Waals surface area contributed by atoms with Gasteiger partial charge in [-0.3, -0.25) is 4.79 Å². The first-order valence-corrected chi connectivity index (χ1v) is 6.76. The van der Waals surface area contributed by atoms with Gasteiger partial charge >= 0.3 is 5.63 Å². The summed E-state index contributed by atoms with van der Waals surface area (Å²) in [5.74, 6) is -1.21. The highest BCUT2D eigenvalue weighted by Gasteiger charge is 2.21. The second-order valence-corrected chi connectivity index (χ2v) is 4.95. The van der Waals surface area contributed by atoms with Gasteiger partial charge in [0.2, 0.25) is 0 Å². The first kappa shape index (κ1) is 14.2. The van der Waals surface area contributed by atoms with Gasteiger partial charge in [-0.1, -0.05) is 35.9 Å². The molecule has 0 radical (unpaired) electrons. The van der Waals surface area contributed by atoms with Crippen molar-refractivity contribution in [1.29, 1.82) is 0 Å². The summed E-state index contributed by atoms with van der Waals surface area (Å²) < 4.78 is 5.05. The van der Waals surface area contributed by atoms with E-state index in [4.69, 9.17) is 16.0 Å². The van der Waals surface area contributed by atoms with Crippen molar-refractivity contribution in [2.24, 2.45) is 0 Å². The molecule has 0 atom stereocenters. The fourth-order valence-corrected chi connectivity index (χ4v) is 2.26. The lowest BCUT2D eigenvalue weighted by Gasteiger charge is -2.08. The molecule has 0 aliphatic carbocycles. The van der Waals surface area contributed by atoms with Gasteiger partial charge in [0, 0.05) is 0 Å². The summed E-state index contributed by atoms with van der Waals surface area (Å²) in [5.41, 5.74) is -0.834. The SMILES string of the molecule is O=C(Nc1ccccc1Cl)c1c(O)c2ccccc2oc1=O. The average Bonchev–Trinajstić information content (AvgIpc) is 2.49. The molecule has 22 heavy (non-hydrogen) atoms. The van der Waals surface area contributed by atoms with Gasteiger partial charge in [-0.15, -0.1) is 0 Å². The summed E-state index contributed by atoms with van der Waals surface area (Å²) in [6.45, 7) is 0. The van der Waals surface area contributed by atoms with Crippen molar-refractivity contribution in [3.63, 3.8) is 0 Å². The molecule has 0 aliphatic rings. The monoisotopic (exact) mass is 315 g/mol. The van der Waals surface area contributed by atoms with Gasteiger partial charge in [0.25, 0.3) is 5.91 Å². The number of amides is 1. The van der Waals surface area contributed by atoms with Crippen LogP contribution < -0.4 is 10.9 Å². The number of carbonyl (C=O) groups is 1. The molecule has 0 spiro atoms. The largest absolute Gasteiger partial charge is 0.506 e. The van der Waals surface area contributed by atoms with Gasteiger partial charge < -0.3 is 14.8 Å². The summed E-state index contributed by atoms with van der Waals surface area (Å²) >= 11 is 5.95. The maximum atomic E-state index is 12.3. The van der Waals surface area contributed by atoms with Crippen molar-refractivity contribution >= 4 is 34.2 Å². The maximum absolute atomic E-state index is 12.3. The van der Waals surface area contributed by atoms with E-state index in [1.165, 1.54) is 6.07 Å². The van der Waals surface area contributed by atoms with Crippen LogP contribution in [0.15, 0.2) is 57.7 Å². The Labute approximate surface area is 129 Å². The minimum Gasteiger partial charge on any atom is -0.506 e. The van der Waals surface area contributed by atoms with E-state index in [9.17, 15) is 14.7 Å².